The Hall–Kier alpha value is -2.83. The van der Waals surface area contributed by atoms with E-state index in [4.69, 9.17) is 11.5 Å². The fourth-order valence-electron chi connectivity index (χ4n) is 1.73. The Labute approximate surface area is 119 Å². The summed E-state index contributed by atoms with van der Waals surface area (Å²) in [6.07, 6.45) is 0. The molecule has 5 N–H and O–H groups in total. The van der Waals surface area contributed by atoms with Gasteiger partial charge in [-0.15, -0.1) is 0 Å². The predicted octanol–water partition coefficient (Wildman–Crippen LogP) is 2.71. The molecule has 1 amide bonds. The number of carbonyl (C=O) groups is 1. The third-order valence-corrected chi connectivity index (χ3v) is 2.69. The molecule has 0 aliphatic heterocycles. The van der Waals surface area contributed by atoms with E-state index in [1.54, 1.807) is 24.3 Å². The van der Waals surface area contributed by atoms with Crippen molar-refractivity contribution < 1.29 is 18.3 Å². The molecule has 2 rings (SSSR count). The van der Waals surface area contributed by atoms with Gasteiger partial charge in [0.15, 0.2) is 0 Å². The monoisotopic (exact) mass is 293 g/mol. The number of hydrogen-bond acceptors (Lipinski definition) is 4. The van der Waals surface area contributed by atoms with E-state index in [-0.39, 0.29) is 17.0 Å². The van der Waals surface area contributed by atoms with Crippen molar-refractivity contribution in [2.45, 2.75) is 6.61 Å². The van der Waals surface area contributed by atoms with Crippen LogP contribution in [0.15, 0.2) is 42.5 Å². The fraction of sp³-hybridized carbons (Fsp3) is 0.0714. The average molecular weight is 293 g/mol. The first-order chi connectivity index (χ1) is 9.95. The van der Waals surface area contributed by atoms with E-state index in [9.17, 15) is 13.6 Å². The zero-order valence-corrected chi connectivity index (χ0v) is 10.8. The molecule has 0 fully saturated rings. The van der Waals surface area contributed by atoms with Crippen LogP contribution in [-0.4, -0.2) is 12.5 Å². The van der Waals surface area contributed by atoms with Crippen molar-refractivity contribution in [2.75, 3.05) is 11.1 Å². The van der Waals surface area contributed by atoms with E-state index < -0.39 is 12.5 Å². The Morgan fingerprint density at radius 2 is 1.71 bits per heavy atom. The van der Waals surface area contributed by atoms with Crippen molar-refractivity contribution in [2.24, 2.45) is 5.73 Å². The first kappa shape index (κ1) is 14.6. The Morgan fingerprint density at radius 1 is 1.10 bits per heavy atom. The molecule has 21 heavy (non-hydrogen) atoms. The number of anilines is 3. The van der Waals surface area contributed by atoms with Gasteiger partial charge in [-0.2, -0.15) is 8.78 Å². The van der Waals surface area contributed by atoms with Crippen LogP contribution in [0.5, 0.6) is 5.75 Å². The zero-order chi connectivity index (χ0) is 15.4. The van der Waals surface area contributed by atoms with Gasteiger partial charge in [-0.1, -0.05) is 0 Å². The molecule has 0 aliphatic carbocycles. The summed E-state index contributed by atoms with van der Waals surface area (Å²) in [5.41, 5.74) is 12.6. The number of alkyl halides is 2. The number of hydrogen-bond donors (Lipinski definition) is 3. The molecule has 0 heterocycles. The van der Waals surface area contributed by atoms with E-state index in [1.165, 1.54) is 18.2 Å². The van der Waals surface area contributed by atoms with Gasteiger partial charge in [-0.3, -0.25) is 4.79 Å². The first-order valence-corrected chi connectivity index (χ1v) is 5.97. The van der Waals surface area contributed by atoms with Gasteiger partial charge in [0.2, 0.25) is 0 Å². The Kier molecular flexibility index (Phi) is 4.22. The van der Waals surface area contributed by atoms with E-state index in [0.717, 1.165) is 0 Å². The highest BCUT2D eigenvalue weighted by Gasteiger charge is 2.07. The van der Waals surface area contributed by atoms with Gasteiger partial charge in [0.25, 0.3) is 5.91 Å². The van der Waals surface area contributed by atoms with Crippen LogP contribution < -0.4 is 21.5 Å². The lowest BCUT2D eigenvalue weighted by Gasteiger charge is -2.10. The number of nitrogens with two attached hydrogens (primary N) is 2. The maximum atomic E-state index is 12.0. The first-order valence-electron chi connectivity index (χ1n) is 5.97. The van der Waals surface area contributed by atoms with Crippen LogP contribution in [0.1, 0.15) is 10.4 Å². The second-order valence-corrected chi connectivity index (χ2v) is 4.19. The van der Waals surface area contributed by atoms with Gasteiger partial charge in [0.1, 0.15) is 5.75 Å². The molecule has 2 aromatic rings. The summed E-state index contributed by atoms with van der Waals surface area (Å²) in [4.78, 5) is 11.2. The summed E-state index contributed by atoms with van der Waals surface area (Å²) in [5.74, 6) is -0.567. The predicted molar refractivity (Wildman–Crippen MR) is 75.7 cm³/mol. The van der Waals surface area contributed by atoms with Crippen LogP contribution in [0, 0.1) is 0 Å². The Bertz CT molecular complexity index is 645. The number of carbonyl (C=O) groups excluding carboxylic acids is 1. The quantitative estimate of drug-likeness (QED) is 0.739. The Balaban J connectivity index is 2.14. The number of ether oxygens (including phenoxy) is 1. The zero-order valence-electron chi connectivity index (χ0n) is 10.8. The van der Waals surface area contributed by atoms with E-state index >= 15 is 0 Å². The van der Waals surface area contributed by atoms with Crippen molar-refractivity contribution >= 4 is 23.0 Å². The van der Waals surface area contributed by atoms with E-state index in [1.807, 2.05) is 0 Å². The molecule has 0 saturated heterocycles. The molecule has 2 aromatic carbocycles. The number of rotatable bonds is 5. The van der Waals surface area contributed by atoms with E-state index in [0.29, 0.717) is 11.4 Å². The second-order valence-electron chi connectivity index (χ2n) is 4.19. The number of halogens is 2. The molecule has 110 valence electrons. The highest BCUT2D eigenvalue weighted by Crippen LogP contribution is 2.23. The van der Waals surface area contributed by atoms with Gasteiger partial charge < -0.3 is 21.5 Å². The SMILES string of the molecule is NC(=O)c1cc(Nc2ccc(OC(F)F)cc2)ccc1N. The van der Waals surface area contributed by atoms with Crippen LogP contribution >= 0.6 is 0 Å². The largest absolute Gasteiger partial charge is 0.435 e. The lowest BCUT2D eigenvalue weighted by molar-refractivity contribution is -0.0498. The number of benzene rings is 2. The van der Waals surface area contributed by atoms with Crippen LogP contribution in [0.4, 0.5) is 25.8 Å². The molecule has 0 saturated carbocycles. The lowest BCUT2D eigenvalue weighted by Crippen LogP contribution is -2.13. The summed E-state index contributed by atoms with van der Waals surface area (Å²) in [5, 5.41) is 3.00. The molecule has 0 atom stereocenters. The number of amides is 1. The van der Waals surface area contributed by atoms with E-state index in [2.05, 4.69) is 10.1 Å². The summed E-state index contributed by atoms with van der Waals surface area (Å²) in [6.45, 7) is -2.86. The van der Waals surface area contributed by atoms with Gasteiger partial charge in [-0.25, -0.2) is 0 Å². The molecular formula is C14H13F2N3O2. The minimum absolute atomic E-state index is 0.0608. The minimum atomic E-state index is -2.86. The number of primary amides is 1. The maximum absolute atomic E-state index is 12.0. The highest BCUT2D eigenvalue weighted by molar-refractivity contribution is 5.99. The maximum Gasteiger partial charge on any atom is 0.387 e. The summed E-state index contributed by atoms with van der Waals surface area (Å²) < 4.78 is 28.3. The van der Waals surface area contributed by atoms with Crippen molar-refractivity contribution in [3.63, 3.8) is 0 Å². The second kappa shape index (κ2) is 6.08. The van der Waals surface area contributed by atoms with Crippen LogP contribution in [0.25, 0.3) is 0 Å². The molecule has 0 aromatic heterocycles. The molecule has 0 spiro atoms. The smallest absolute Gasteiger partial charge is 0.387 e. The molecule has 7 heteroatoms. The van der Waals surface area contributed by atoms with Crippen molar-refractivity contribution in [1.82, 2.24) is 0 Å². The lowest BCUT2D eigenvalue weighted by atomic mass is 10.1. The third-order valence-electron chi connectivity index (χ3n) is 2.69. The van der Waals surface area contributed by atoms with Crippen LogP contribution in [-0.2, 0) is 0 Å². The topological polar surface area (TPSA) is 90.4 Å². The van der Waals surface area contributed by atoms with Crippen LogP contribution in [0.3, 0.4) is 0 Å². The minimum Gasteiger partial charge on any atom is -0.435 e. The van der Waals surface area contributed by atoms with Gasteiger partial charge in [0, 0.05) is 17.1 Å². The number of nitrogens with one attached hydrogen (secondary N) is 1. The summed E-state index contributed by atoms with van der Waals surface area (Å²) in [7, 11) is 0. The van der Waals surface area contributed by atoms with Gasteiger partial charge >= 0.3 is 6.61 Å². The molecule has 0 radical (unpaired) electrons. The third kappa shape index (κ3) is 3.82. The highest BCUT2D eigenvalue weighted by atomic mass is 19.3. The number of nitrogen functional groups attached to an aromatic ring is 1. The van der Waals surface area contributed by atoms with Crippen LogP contribution in [0.2, 0.25) is 0 Å². The summed E-state index contributed by atoms with van der Waals surface area (Å²) in [6, 6.07) is 10.7. The Morgan fingerprint density at radius 3 is 2.29 bits per heavy atom. The van der Waals surface area contributed by atoms with Gasteiger partial charge in [-0.05, 0) is 42.5 Å². The molecule has 5 nitrogen and oxygen atoms in total. The molecule has 0 bridgehead atoms. The summed E-state index contributed by atoms with van der Waals surface area (Å²) >= 11 is 0. The molecule has 0 aliphatic rings. The normalized spacial score (nSPS) is 10.4. The van der Waals surface area contributed by atoms with Crippen molar-refractivity contribution in [1.29, 1.82) is 0 Å². The molecular weight excluding hydrogens is 280 g/mol. The van der Waals surface area contributed by atoms with Crippen molar-refractivity contribution in [3.8, 4) is 5.75 Å². The molecule has 0 unspecified atom stereocenters. The standard InChI is InChI=1S/C14H13F2N3O2/c15-14(16)21-10-4-1-8(2-5-10)19-9-3-6-12(17)11(7-9)13(18)20/h1-7,14,19H,17H2,(H2,18,20). The van der Waals surface area contributed by atoms with Gasteiger partial charge in [0.05, 0.1) is 5.56 Å². The van der Waals surface area contributed by atoms with Crippen molar-refractivity contribution in [3.05, 3.63) is 48.0 Å². The average Bonchev–Trinajstić information content (AvgIpc) is 2.42. The fourth-order valence-corrected chi connectivity index (χ4v) is 1.73.